The van der Waals surface area contributed by atoms with Crippen LogP contribution in [0, 0.1) is 0 Å². The van der Waals surface area contributed by atoms with Crippen molar-refractivity contribution in [3.8, 4) is 23.0 Å². The van der Waals surface area contributed by atoms with E-state index in [4.69, 9.17) is 9.15 Å². The highest BCUT2D eigenvalue weighted by Crippen LogP contribution is 2.32. The Bertz CT molecular complexity index is 938. The molecule has 0 aliphatic heterocycles. The number of methoxy groups -OCH3 is 1. The molecule has 0 saturated carbocycles. The Balaban J connectivity index is 0.00000100. The summed E-state index contributed by atoms with van der Waals surface area (Å²) in [7, 11) is 1.43. The van der Waals surface area contributed by atoms with Crippen LogP contribution in [0.1, 0.15) is 13.8 Å². The van der Waals surface area contributed by atoms with E-state index in [0.29, 0.717) is 26.9 Å². The zero-order chi connectivity index (χ0) is 17.9. The first kappa shape index (κ1) is 18.5. The van der Waals surface area contributed by atoms with Crippen molar-refractivity contribution in [3.05, 3.63) is 49.6 Å². The van der Waals surface area contributed by atoms with Crippen LogP contribution in [0.2, 0.25) is 0 Å². The zero-order valence-electron chi connectivity index (χ0n) is 13.3. The molecule has 126 valence electrons. The van der Waals surface area contributed by atoms with Crippen LogP contribution in [-0.4, -0.2) is 17.2 Å². The molecule has 1 N–H and O–H groups in total. The average Bonchev–Trinajstić information content (AvgIpc) is 2.58. The van der Waals surface area contributed by atoms with Gasteiger partial charge in [-0.2, -0.15) is 0 Å². The van der Waals surface area contributed by atoms with Crippen LogP contribution in [0.5, 0.6) is 11.5 Å². The molecule has 3 aromatic rings. The SMILES string of the molecule is CC.COc1cc(-c2cc(=O)c3cc(Br)cc(Br)c3o2)ncc1O. The number of aromatic hydroxyl groups is 1. The Kier molecular flexibility index (Phi) is 6.01. The van der Waals surface area contributed by atoms with Gasteiger partial charge in [0, 0.05) is 16.6 Å². The molecule has 0 bridgehead atoms. The van der Waals surface area contributed by atoms with Gasteiger partial charge in [0.15, 0.2) is 28.3 Å². The zero-order valence-corrected chi connectivity index (χ0v) is 16.4. The minimum atomic E-state index is -0.188. The molecule has 0 spiro atoms. The molecule has 0 aliphatic carbocycles. The van der Waals surface area contributed by atoms with Crippen LogP contribution in [0.25, 0.3) is 22.4 Å². The maximum Gasteiger partial charge on any atom is 0.193 e. The highest BCUT2D eigenvalue weighted by molar-refractivity contribution is 9.11. The van der Waals surface area contributed by atoms with Gasteiger partial charge in [0.25, 0.3) is 0 Å². The van der Waals surface area contributed by atoms with Crippen LogP contribution in [0.4, 0.5) is 0 Å². The van der Waals surface area contributed by atoms with E-state index in [-0.39, 0.29) is 16.9 Å². The highest BCUT2D eigenvalue weighted by atomic mass is 79.9. The summed E-state index contributed by atoms with van der Waals surface area (Å²) >= 11 is 6.72. The van der Waals surface area contributed by atoms with E-state index < -0.39 is 0 Å². The smallest absolute Gasteiger partial charge is 0.193 e. The molecule has 3 rings (SSSR count). The molecule has 0 amide bonds. The van der Waals surface area contributed by atoms with E-state index in [9.17, 15) is 9.90 Å². The van der Waals surface area contributed by atoms with Crippen molar-refractivity contribution in [2.75, 3.05) is 7.11 Å². The molecule has 0 saturated heterocycles. The number of benzene rings is 1. The largest absolute Gasteiger partial charge is 0.503 e. The molecule has 24 heavy (non-hydrogen) atoms. The van der Waals surface area contributed by atoms with Gasteiger partial charge >= 0.3 is 0 Å². The number of rotatable bonds is 2. The maximum atomic E-state index is 12.3. The van der Waals surface area contributed by atoms with E-state index in [2.05, 4.69) is 36.8 Å². The fourth-order valence-electron chi connectivity index (χ4n) is 2.04. The Hall–Kier alpha value is -1.86. The van der Waals surface area contributed by atoms with Crippen molar-refractivity contribution in [1.29, 1.82) is 0 Å². The second-order valence-corrected chi connectivity index (χ2v) is 6.25. The van der Waals surface area contributed by atoms with Crippen LogP contribution >= 0.6 is 31.9 Å². The number of hydrogen-bond donors (Lipinski definition) is 1. The van der Waals surface area contributed by atoms with Crippen molar-refractivity contribution in [2.45, 2.75) is 13.8 Å². The first-order valence-electron chi connectivity index (χ1n) is 7.16. The van der Waals surface area contributed by atoms with Crippen LogP contribution < -0.4 is 10.2 Å². The summed E-state index contributed by atoms with van der Waals surface area (Å²) in [5.41, 5.74) is 0.634. The molecular formula is C17H15Br2NO4. The standard InChI is InChI=1S/C15H9Br2NO4.C2H6/c1-21-14-4-10(18-6-12(14)20)13-5-11(19)8-2-7(16)3-9(17)15(8)22-13;1-2/h2-6,20H,1H3;1-2H3. The fraction of sp³-hybridized carbons (Fsp3) is 0.176. The van der Waals surface area contributed by atoms with Crippen LogP contribution in [0.15, 0.2) is 48.6 Å². The van der Waals surface area contributed by atoms with Gasteiger partial charge in [-0.1, -0.05) is 29.8 Å². The monoisotopic (exact) mass is 455 g/mol. The Labute approximate surface area is 155 Å². The van der Waals surface area contributed by atoms with Gasteiger partial charge in [0.2, 0.25) is 0 Å². The lowest BCUT2D eigenvalue weighted by molar-refractivity contribution is 0.372. The predicted molar refractivity (Wildman–Crippen MR) is 101 cm³/mol. The molecule has 0 aliphatic rings. The summed E-state index contributed by atoms with van der Waals surface area (Å²) in [5.74, 6) is 0.459. The number of aromatic nitrogens is 1. The van der Waals surface area contributed by atoms with Gasteiger partial charge in [0.1, 0.15) is 5.69 Å². The second-order valence-electron chi connectivity index (χ2n) is 4.48. The molecule has 0 unspecified atom stereocenters. The molecule has 0 radical (unpaired) electrons. The average molecular weight is 457 g/mol. The van der Waals surface area contributed by atoms with Crippen molar-refractivity contribution in [1.82, 2.24) is 4.98 Å². The quantitative estimate of drug-likeness (QED) is 0.579. The van der Waals surface area contributed by atoms with E-state index in [1.54, 1.807) is 12.1 Å². The summed E-state index contributed by atoms with van der Waals surface area (Å²) in [6, 6.07) is 6.35. The third-order valence-corrected chi connectivity index (χ3v) is 4.11. The molecule has 2 aromatic heterocycles. The number of ether oxygens (including phenoxy) is 1. The van der Waals surface area contributed by atoms with Crippen molar-refractivity contribution >= 4 is 42.8 Å². The third-order valence-electron chi connectivity index (χ3n) is 3.07. The summed E-state index contributed by atoms with van der Waals surface area (Å²) in [6.07, 6.45) is 1.25. The van der Waals surface area contributed by atoms with Crippen molar-refractivity contribution in [3.63, 3.8) is 0 Å². The predicted octanol–water partition coefficient (Wildman–Crippen LogP) is 5.12. The minimum Gasteiger partial charge on any atom is -0.503 e. The fourth-order valence-corrected chi connectivity index (χ4v) is 3.34. The van der Waals surface area contributed by atoms with Crippen LogP contribution in [-0.2, 0) is 0 Å². The molecule has 2 heterocycles. The highest BCUT2D eigenvalue weighted by Gasteiger charge is 2.13. The van der Waals surface area contributed by atoms with E-state index in [1.165, 1.54) is 25.4 Å². The summed E-state index contributed by atoms with van der Waals surface area (Å²) in [5, 5.41) is 10.0. The number of hydrogen-bond acceptors (Lipinski definition) is 5. The number of halogens is 2. The van der Waals surface area contributed by atoms with Crippen molar-refractivity contribution in [2.24, 2.45) is 0 Å². The Morgan fingerprint density at radius 1 is 1.17 bits per heavy atom. The first-order chi connectivity index (χ1) is 11.5. The molecular weight excluding hydrogens is 442 g/mol. The van der Waals surface area contributed by atoms with E-state index in [0.717, 1.165) is 4.47 Å². The number of nitrogens with zero attached hydrogens (tertiary/aromatic N) is 1. The second kappa shape index (κ2) is 7.81. The van der Waals surface area contributed by atoms with E-state index >= 15 is 0 Å². The topological polar surface area (TPSA) is 72.6 Å². The van der Waals surface area contributed by atoms with Gasteiger partial charge in [-0.15, -0.1) is 0 Å². The van der Waals surface area contributed by atoms with Gasteiger partial charge in [-0.3, -0.25) is 4.79 Å². The van der Waals surface area contributed by atoms with Gasteiger partial charge in [0.05, 0.1) is 23.2 Å². The van der Waals surface area contributed by atoms with Gasteiger partial charge in [-0.05, 0) is 28.1 Å². The maximum absolute atomic E-state index is 12.3. The summed E-state index contributed by atoms with van der Waals surface area (Å²) in [6.45, 7) is 4.00. The summed E-state index contributed by atoms with van der Waals surface area (Å²) in [4.78, 5) is 16.4. The molecule has 1 aromatic carbocycles. The minimum absolute atomic E-state index is 0.0838. The molecule has 7 heteroatoms. The van der Waals surface area contributed by atoms with Gasteiger partial charge in [-0.25, -0.2) is 4.98 Å². The lowest BCUT2D eigenvalue weighted by atomic mass is 10.2. The van der Waals surface area contributed by atoms with Gasteiger partial charge < -0.3 is 14.3 Å². The Morgan fingerprint density at radius 2 is 1.88 bits per heavy atom. The lowest BCUT2D eigenvalue weighted by Crippen LogP contribution is -2.01. The van der Waals surface area contributed by atoms with E-state index in [1.807, 2.05) is 13.8 Å². The van der Waals surface area contributed by atoms with Crippen molar-refractivity contribution < 1.29 is 14.3 Å². The lowest BCUT2D eigenvalue weighted by Gasteiger charge is -2.07. The number of pyridine rings is 1. The molecule has 0 atom stereocenters. The summed E-state index contributed by atoms with van der Waals surface area (Å²) < 4.78 is 12.3. The molecule has 0 fully saturated rings. The first-order valence-corrected chi connectivity index (χ1v) is 8.74. The third kappa shape index (κ3) is 3.62. The number of fused-ring (bicyclic) bond motifs is 1. The molecule has 5 nitrogen and oxygen atoms in total. The Morgan fingerprint density at radius 3 is 2.54 bits per heavy atom. The van der Waals surface area contributed by atoms with Crippen LogP contribution in [0.3, 0.4) is 0 Å². The normalized spacial score (nSPS) is 10.2.